The van der Waals surface area contributed by atoms with E-state index < -0.39 is 0 Å². The molecule has 3 heterocycles. The second-order valence-electron chi connectivity index (χ2n) is 10.1. The van der Waals surface area contributed by atoms with Crippen LogP contribution < -0.4 is 15.5 Å². The molecule has 5 rings (SSSR count). The molecule has 7 nitrogen and oxygen atoms in total. The minimum Gasteiger partial charge on any atom is -0.361 e. The Bertz CT molecular complexity index is 1170. The predicted molar refractivity (Wildman–Crippen MR) is 154 cm³/mol. The number of rotatable bonds is 7. The Kier molecular flexibility index (Phi) is 8.51. The molecule has 3 aromatic rings. The van der Waals surface area contributed by atoms with E-state index in [1.165, 1.54) is 68.7 Å². The minimum atomic E-state index is 0.100. The Hall–Kier alpha value is -2.78. The van der Waals surface area contributed by atoms with Crippen LogP contribution in [0.15, 0.2) is 65.0 Å². The van der Waals surface area contributed by atoms with Gasteiger partial charge in [0.15, 0.2) is 10.3 Å². The van der Waals surface area contributed by atoms with Gasteiger partial charge in [0.1, 0.15) is 10.8 Å². The van der Waals surface area contributed by atoms with E-state index in [0.717, 1.165) is 23.9 Å². The molecule has 0 spiro atoms. The number of benzene rings is 1. The van der Waals surface area contributed by atoms with Gasteiger partial charge in [0.2, 0.25) is 5.95 Å². The molecule has 2 aliphatic rings. The van der Waals surface area contributed by atoms with Crippen LogP contribution in [0.5, 0.6) is 0 Å². The van der Waals surface area contributed by atoms with Crippen molar-refractivity contribution in [3.05, 3.63) is 60.4 Å². The molecule has 2 aromatic heterocycles. The standard InChI is InChI=1S/C28H35N7S2/c1-21-11-6-9-18-35(21)23-19-24(37-27-29-16-10-17-30-27)33-25(32-23)34-26(36)31-20-28(14-7-3-8-15-28)22-12-4-2-5-13-22/h2,4-5,10,12-13,16-17,19,21H,3,6-9,11,14-15,18,20H2,1H3,(H2,31,32,33,34,36)/t21-/m0/s1. The first-order chi connectivity index (χ1) is 18.1. The fourth-order valence-electron chi connectivity index (χ4n) is 5.52. The highest BCUT2D eigenvalue weighted by Crippen LogP contribution is 2.39. The zero-order valence-electron chi connectivity index (χ0n) is 21.4. The quantitative estimate of drug-likeness (QED) is 0.216. The lowest BCUT2D eigenvalue weighted by Gasteiger charge is -2.38. The van der Waals surface area contributed by atoms with Gasteiger partial charge < -0.3 is 15.5 Å². The van der Waals surface area contributed by atoms with Crippen molar-refractivity contribution in [2.75, 3.05) is 23.3 Å². The molecule has 1 atom stereocenters. The molecule has 1 saturated heterocycles. The van der Waals surface area contributed by atoms with Crippen molar-refractivity contribution in [3.8, 4) is 0 Å². The van der Waals surface area contributed by atoms with Crippen LogP contribution in [0.2, 0.25) is 0 Å². The molecule has 0 bridgehead atoms. The molecule has 0 unspecified atom stereocenters. The van der Waals surface area contributed by atoms with Gasteiger partial charge in [-0.25, -0.2) is 15.0 Å². The lowest BCUT2D eigenvalue weighted by molar-refractivity contribution is 0.292. The zero-order chi connectivity index (χ0) is 25.5. The highest BCUT2D eigenvalue weighted by atomic mass is 32.2. The van der Waals surface area contributed by atoms with E-state index in [1.807, 2.05) is 12.1 Å². The van der Waals surface area contributed by atoms with Gasteiger partial charge in [0.25, 0.3) is 0 Å². The Morgan fingerprint density at radius 2 is 1.81 bits per heavy atom. The summed E-state index contributed by atoms with van der Waals surface area (Å²) in [6.45, 7) is 4.05. The van der Waals surface area contributed by atoms with E-state index in [-0.39, 0.29) is 5.41 Å². The molecule has 1 aliphatic heterocycles. The number of nitrogens with zero attached hydrogens (tertiary/aromatic N) is 5. The molecule has 37 heavy (non-hydrogen) atoms. The molecule has 2 N–H and O–H groups in total. The van der Waals surface area contributed by atoms with Crippen molar-refractivity contribution < 1.29 is 0 Å². The third kappa shape index (κ3) is 6.57. The molecular weight excluding hydrogens is 498 g/mol. The van der Waals surface area contributed by atoms with Crippen LogP contribution in [0.3, 0.4) is 0 Å². The molecule has 1 aliphatic carbocycles. The van der Waals surface area contributed by atoms with E-state index >= 15 is 0 Å². The first kappa shape index (κ1) is 25.9. The van der Waals surface area contributed by atoms with Gasteiger partial charge in [-0.1, -0.05) is 49.6 Å². The number of hydrogen-bond donors (Lipinski definition) is 2. The summed E-state index contributed by atoms with van der Waals surface area (Å²) in [5, 5.41) is 8.81. The summed E-state index contributed by atoms with van der Waals surface area (Å²) < 4.78 is 0. The highest BCUT2D eigenvalue weighted by molar-refractivity contribution is 7.99. The first-order valence-electron chi connectivity index (χ1n) is 13.3. The fraction of sp³-hybridized carbons (Fsp3) is 0.464. The molecule has 2 fully saturated rings. The molecule has 1 saturated carbocycles. The Balaban J connectivity index is 1.33. The smallest absolute Gasteiger partial charge is 0.232 e. The summed E-state index contributed by atoms with van der Waals surface area (Å²) in [7, 11) is 0. The van der Waals surface area contributed by atoms with Crippen LogP contribution >= 0.6 is 24.0 Å². The topological polar surface area (TPSA) is 78.9 Å². The predicted octanol–water partition coefficient (Wildman–Crippen LogP) is 5.99. The van der Waals surface area contributed by atoms with Crippen molar-refractivity contribution in [1.29, 1.82) is 0 Å². The van der Waals surface area contributed by atoms with Crippen LogP contribution in [0, 0.1) is 0 Å². The molecule has 0 radical (unpaired) electrons. The Labute approximate surface area is 229 Å². The summed E-state index contributed by atoms with van der Waals surface area (Å²) in [5.41, 5.74) is 1.49. The van der Waals surface area contributed by atoms with Gasteiger partial charge in [-0.05, 0) is 74.6 Å². The maximum Gasteiger partial charge on any atom is 0.232 e. The van der Waals surface area contributed by atoms with Gasteiger partial charge in [0, 0.05) is 43.0 Å². The van der Waals surface area contributed by atoms with Crippen LogP contribution in [0.4, 0.5) is 11.8 Å². The summed E-state index contributed by atoms with van der Waals surface area (Å²) in [6, 6.07) is 15.2. The van der Waals surface area contributed by atoms with Crippen molar-refractivity contribution >= 4 is 40.9 Å². The number of piperidine rings is 1. The molecule has 0 amide bonds. The lowest BCUT2D eigenvalue weighted by Crippen LogP contribution is -2.43. The third-order valence-electron chi connectivity index (χ3n) is 7.53. The number of thiocarbonyl (C=S) groups is 1. The maximum absolute atomic E-state index is 5.75. The second-order valence-corrected chi connectivity index (χ2v) is 11.5. The molecule has 9 heteroatoms. The number of aromatic nitrogens is 4. The lowest BCUT2D eigenvalue weighted by atomic mass is 9.69. The van der Waals surface area contributed by atoms with Gasteiger partial charge in [-0.3, -0.25) is 0 Å². The maximum atomic E-state index is 5.75. The largest absolute Gasteiger partial charge is 0.361 e. The van der Waals surface area contributed by atoms with Gasteiger partial charge in [-0.15, -0.1) is 0 Å². The Morgan fingerprint density at radius 3 is 2.57 bits per heavy atom. The summed E-state index contributed by atoms with van der Waals surface area (Å²) >= 11 is 7.19. The van der Waals surface area contributed by atoms with E-state index in [4.69, 9.17) is 22.2 Å². The van der Waals surface area contributed by atoms with Crippen LogP contribution in [-0.2, 0) is 5.41 Å². The average molecular weight is 534 g/mol. The number of nitrogens with one attached hydrogen (secondary N) is 2. The van der Waals surface area contributed by atoms with Gasteiger partial charge in [-0.2, -0.15) is 4.98 Å². The van der Waals surface area contributed by atoms with Crippen LogP contribution in [0.25, 0.3) is 0 Å². The van der Waals surface area contributed by atoms with E-state index in [9.17, 15) is 0 Å². The SMILES string of the molecule is C[C@H]1CCCCN1c1cc(Sc2ncccn2)nc(NC(=S)NCC2(c3ccccc3)CCCCC2)n1. The highest BCUT2D eigenvalue weighted by Gasteiger charge is 2.34. The average Bonchev–Trinajstić information content (AvgIpc) is 2.94. The van der Waals surface area contributed by atoms with E-state index in [1.54, 1.807) is 12.4 Å². The van der Waals surface area contributed by atoms with Crippen LogP contribution in [0.1, 0.15) is 63.9 Å². The summed E-state index contributed by atoms with van der Waals surface area (Å²) in [5.74, 6) is 1.42. The monoisotopic (exact) mass is 533 g/mol. The van der Waals surface area contributed by atoms with Gasteiger partial charge >= 0.3 is 0 Å². The second kappa shape index (κ2) is 12.2. The van der Waals surface area contributed by atoms with Crippen molar-refractivity contribution in [1.82, 2.24) is 25.3 Å². The van der Waals surface area contributed by atoms with Gasteiger partial charge in [0.05, 0.1) is 0 Å². The molecule has 194 valence electrons. The van der Waals surface area contributed by atoms with E-state index in [0.29, 0.717) is 22.3 Å². The van der Waals surface area contributed by atoms with Crippen molar-refractivity contribution in [2.24, 2.45) is 0 Å². The zero-order valence-corrected chi connectivity index (χ0v) is 23.0. The normalized spacial score (nSPS) is 19.3. The molecular formula is C28H35N7S2. The summed E-state index contributed by atoms with van der Waals surface area (Å²) in [6.07, 6.45) is 13.2. The number of hydrogen-bond acceptors (Lipinski definition) is 7. The first-order valence-corrected chi connectivity index (χ1v) is 14.5. The molecule has 1 aromatic carbocycles. The Morgan fingerprint density at radius 1 is 1.03 bits per heavy atom. The van der Waals surface area contributed by atoms with E-state index in [2.05, 4.69) is 62.8 Å². The number of anilines is 2. The van der Waals surface area contributed by atoms with Crippen molar-refractivity contribution in [2.45, 2.75) is 79.9 Å². The third-order valence-corrected chi connectivity index (χ3v) is 8.59. The van der Waals surface area contributed by atoms with Crippen molar-refractivity contribution in [3.63, 3.8) is 0 Å². The fourth-order valence-corrected chi connectivity index (χ4v) is 6.40. The van der Waals surface area contributed by atoms with Crippen LogP contribution in [-0.4, -0.2) is 44.2 Å². The summed E-state index contributed by atoms with van der Waals surface area (Å²) in [4.78, 5) is 20.7. The minimum absolute atomic E-state index is 0.100.